The largest absolute Gasteiger partial charge is 0.369 e. The smallest absolute Gasteiger partial charge is 0.0370 e. The highest BCUT2D eigenvalue weighted by atomic mass is 15.3. The molecule has 0 bridgehead atoms. The summed E-state index contributed by atoms with van der Waals surface area (Å²) in [6.45, 7) is 15.7. The van der Waals surface area contributed by atoms with E-state index in [2.05, 4.69) is 61.0 Å². The lowest BCUT2D eigenvalue weighted by atomic mass is 10.1. The predicted octanol–water partition coefficient (Wildman–Crippen LogP) is 3.03. The minimum absolute atomic E-state index is 0.648. The highest BCUT2D eigenvalue weighted by molar-refractivity contribution is 5.51. The van der Waals surface area contributed by atoms with Crippen molar-refractivity contribution in [2.45, 2.75) is 46.7 Å². The molecule has 1 atom stereocenters. The molecule has 1 saturated heterocycles. The Hall–Kier alpha value is -1.06. The number of hydrogen-bond acceptors (Lipinski definition) is 3. The van der Waals surface area contributed by atoms with E-state index in [0.717, 1.165) is 32.7 Å². The van der Waals surface area contributed by atoms with Gasteiger partial charge in [-0.25, -0.2) is 0 Å². The second-order valence-electron chi connectivity index (χ2n) is 6.21. The van der Waals surface area contributed by atoms with Crippen LogP contribution in [0.5, 0.6) is 0 Å². The van der Waals surface area contributed by atoms with Crippen molar-refractivity contribution in [3.05, 3.63) is 29.3 Å². The number of nitrogens with one attached hydrogen (secondary N) is 1. The number of hydrogen-bond donors (Lipinski definition) is 1. The molecule has 1 N–H and O–H groups in total. The van der Waals surface area contributed by atoms with Crippen LogP contribution in [-0.4, -0.2) is 43.7 Å². The van der Waals surface area contributed by atoms with Gasteiger partial charge in [-0.2, -0.15) is 0 Å². The second-order valence-corrected chi connectivity index (χ2v) is 6.21. The molecule has 0 radical (unpaired) electrons. The maximum atomic E-state index is 3.49. The lowest BCUT2D eigenvalue weighted by Gasteiger charge is -2.40. The molecule has 1 aliphatic heterocycles. The van der Waals surface area contributed by atoms with Crippen molar-refractivity contribution in [2.24, 2.45) is 0 Å². The van der Waals surface area contributed by atoms with Crippen LogP contribution in [-0.2, 0) is 6.54 Å². The zero-order valence-electron chi connectivity index (χ0n) is 14.2. The Balaban J connectivity index is 2.00. The normalized spacial score (nSPS) is 20.0. The van der Waals surface area contributed by atoms with E-state index < -0.39 is 0 Å². The third-order valence-electron chi connectivity index (χ3n) is 4.60. The highest BCUT2D eigenvalue weighted by Crippen LogP contribution is 2.22. The lowest BCUT2D eigenvalue weighted by molar-refractivity contribution is 0.199. The van der Waals surface area contributed by atoms with Crippen molar-refractivity contribution in [2.75, 3.05) is 37.6 Å². The summed E-state index contributed by atoms with van der Waals surface area (Å²) in [6.07, 6.45) is 1.19. The average molecular weight is 289 g/mol. The van der Waals surface area contributed by atoms with Crippen LogP contribution in [0.15, 0.2) is 18.2 Å². The first-order valence-electron chi connectivity index (χ1n) is 8.45. The summed E-state index contributed by atoms with van der Waals surface area (Å²) in [7, 11) is 0. The molecule has 0 aliphatic carbocycles. The van der Waals surface area contributed by atoms with E-state index in [-0.39, 0.29) is 0 Å². The molecule has 3 nitrogen and oxygen atoms in total. The fourth-order valence-corrected chi connectivity index (χ4v) is 3.17. The van der Waals surface area contributed by atoms with Gasteiger partial charge in [0.25, 0.3) is 0 Å². The molecule has 1 unspecified atom stereocenters. The first-order chi connectivity index (χ1) is 10.2. The van der Waals surface area contributed by atoms with Gasteiger partial charge in [0.1, 0.15) is 0 Å². The molecular formula is C18H31N3. The molecule has 1 aliphatic rings. The number of piperazine rings is 1. The van der Waals surface area contributed by atoms with Gasteiger partial charge in [0.15, 0.2) is 0 Å². The fraction of sp³-hybridized carbons (Fsp3) is 0.667. The number of rotatable bonds is 6. The zero-order valence-corrected chi connectivity index (χ0v) is 14.2. The van der Waals surface area contributed by atoms with Crippen molar-refractivity contribution < 1.29 is 0 Å². The number of anilines is 1. The molecule has 0 saturated carbocycles. The van der Waals surface area contributed by atoms with Gasteiger partial charge < -0.3 is 10.2 Å². The van der Waals surface area contributed by atoms with Crippen molar-refractivity contribution in [1.29, 1.82) is 0 Å². The third kappa shape index (κ3) is 4.21. The first kappa shape index (κ1) is 16.3. The molecule has 1 aromatic carbocycles. The standard InChI is InChI=1S/C18H31N3/c1-5-9-19-13-17-7-8-18(12-15(17)3)21-11-10-20(6-2)16(4)14-21/h7-8,12,16,19H,5-6,9-11,13-14H2,1-4H3. The van der Waals surface area contributed by atoms with E-state index in [1.54, 1.807) is 0 Å². The molecule has 1 heterocycles. The van der Waals surface area contributed by atoms with Crippen LogP contribution in [0.4, 0.5) is 5.69 Å². The maximum absolute atomic E-state index is 3.49. The van der Waals surface area contributed by atoms with Gasteiger partial charge in [-0.05, 0) is 56.6 Å². The molecule has 118 valence electrons. The van der Waals surface area contributed by atoms with Crippen molar-refractivity contribution in [3.63, 3.8) is 0 Å². The Bertz CT molecular complexity index is 444. The molecule has 0 spiro atoms. The molecule has 0 aromatic heterocycles. The van der Waals surface area contributed by atoms with E-state index in [1.165, 1.54) is 29.8 Å². The van der Waals surface area contributed by atoms with Gasteiger partial charge in [-0.1, -0.05) is 19.9 Å². The predicted molar refractivity (Wildman–Crippen MR) is 92.1 cm³/mol. The van der Waals surface area contributed by atoms with Crippen LogP contribution >= 0.6 is 0 Å². The van der Waals surface area contributed by atoms with E-state index in [0.29, 0.717) is 6.04 Å². The van der Waals surface area contributed by atoms with E-state index in [9.17, 15) is 0 Å². The van der Waals surface area contributed by atoms with Crippen LogP contribution in [0.3, 0.4) is 0 Å². The highest BCUT2D eigenvalue weighted by Gasteiger charge is 2.22. The van der Waals surface area contributed by atoms with Gasteiger partial charge in [0.05, 0.1) is 0 Å². The Morgan fingerprint density at radius 1 is 1.24 bits per heavy atom. The summed E-state index contributed by atoms with van der Waals surface area (Å²) in [5.41, 5.74) is 4.21. The molecule has 21 heavy (non-hydrogen) atoms. The summed E-state index contributed by atoms with van der Waals surface area (Å²) < 4.78 is 0. The Morgan fingerprint density at radius 3 is 2.67 bits per heavy atom. The van der Waals surface area contributed by atoms with Crippen LogP contribution in [0.25, 0.3) is 0 Å². The maximum Gasteiger partial charge on any atom is 0.0370 e. The topological polar surface area (TPSA) is 18.5 Å². The second kappa shape index (κ2) is 7.81. The molecule has 1 fully saturated rings. The van der Waals surface area contributed by atoms with Gasteiger partial charge in [-0.15, -0.1) is 0 Å². The molecule has 2 rings (SSSR count). The van der Waals surface area contributed by atoms with Gasteiger partial charge >= 0.3 is 0 Å². The van der Waals surface area contributed by atoms with Crippen LogP contribution in [0.2, 0.25) is 0 Å². The fourth-order valence-electron chi connectivity index (χ4n) is 3.17. The Labute approximate surface area is 130 Å². The monoisotopic (exact) mass is 289 g/mol. The summed E-state index contributed by atoms with van der Waals surface area (Å²) in [6, 6.07) is 7.60. The zero-order chi connectivity index (χ0) is 15.2. The average Bonchev–Trinajstić information content (AvgIpc) is 2.49. The van der Waals surface area contributed by atoms with E-state index >= 15 is 0 Å². The molecule has 0 amide bonds. The van der Waals surface area contributed by atoms with Crippen LogP contribution < -0.4 is 10.2 Å². The molecule has 1 aromatic rings. The van der Waals surface area contributed by atoms with Crippen molar-refractivity contribution >= 4 is 5.69 Å². The van der Waals surface area contributed by atoms with Crippen molar-refractivity contribution in [3.8, 4) is 0 Å². The first-order valence-corrected chi connectivity index (χ1v) is 8.45. The Morgan fingerprint density at radius 2 is 2.05 bits per heavy atom. The minimum atomic E-state index is 0.648. The number of likely N-dealkylation sites (N-methyl/N-ethyl adjacent to an activating group) is 1. The van der Waals surface area contributed by atoms with Crippen LogP contribution in [0, 0.1) is 6.92 Å². The lowest BCUT2D eigenvalue weighted by Crippen LogP contribution is -2.51. The molecule has 3 heteroatoms. The number of aryl methyl sites for hydroxylation is 1. The van der Waals surface area contributed by atoms with Gasteiger partial charge in [0, 0.05) is 37.9 Å². The minimum Gasteiger partial charge on any atom is -0.369 e. The van der Waals surface area contributed by atoms with Gasteiger partial charge in [0.2, 0.25) is 0 Å². The summed E-state index contributed by atoms with van der Waals surface area (Å²) >= 11 is 0. The van der Waals surface area contributed by atoms with E-state index in [1.807, 2.05) is 0 Å². The SMILES string of the molecule is CCCNCc1ccc(N2CCN(CC)C(C)C2)cc1C. The molecular weight excluding hydrogens is 258 g/mol. The number of benzene rings is 1. The van der Waals surface area contributed by atoms with E-state index in [4.69, 9.17) is 0 Å². The summed E-state index contributed by atoms with van der Waals surface area (Å²) in [5.74, 6) is 0. The summed E-state index contributed by atoms with van der Waals surface area (Å²) in [4.78, 5) is 5.10. The number of nitrogens with zero attached hydrogens (tertiary/aromatic N) is 2. The third-order valence-corrected chi connectivity index (χ3v) is 4.60. The quantitative estimate of drug-likeness (QED) is 0.812. The van der Waals surface area contributed by atoms with Gasteiger partial charge in [-0.3, -0.25) is 4.90 Å². The van der Waals surface area contributed by atoms with Crippen LogP contribution in [0.1, 0.15) is 38.3 Å². The van der Waals surface area contributed by atoms with Crippen molar-refractivity contribution in [1.82, 2.24) is 10.2 Å². The summed E-state index contributed by atoms with van der Waals surface area (Å²) in [5, 5.41) is 3.49. The Kier molecular flexibility index (Phi) is 6.07.